The average Bonchev–Trinajstić information content (AvgIpc) is 3.67. The second-order valence-electron chi connectivity index (χ2n) is 10.6. The van der Waals surface area contributed by atoms with Crippen LogP contribution in [0.5, 0.6) is 5.75 Å². The Hall–Kier alpha value is -3.58. The molecule has 42 heavy (non-hydrogen) atoms. The number of rotatable bonds is 9. The molecule has 6 rings (SSSR count). The molecular weight excluding hydrogens is 562 g/mol. The van der Waals surface area contributed by atoms with Crippen molar-refractivity contribution in [3.63, 3.8) is 0 Å². The number of aliphatic carboxylic acids is 1. The Morgan fingerprint density at radius 2 is 1.93 bits per heavy atom. The van der Waals surface area contributed by atoms with Crippen molar-refractivity contribution in [3.8, 4) is 16.5 Å². The number of aromatic nitrogens is 3. The number of ether oxygens (including phenoxy) is 4. The molecule has 4 aromatic rings. The Kier molecular flexibility index (Phi) is 8.13. The van der Waals surface area contributed by atoms with Crippen molar-refractivity contribution in [2.75, 3.05) is 33.5 Å². The lowest BCUT2D eigenvalue weighted by atomic mass is 9.76. The highest BCUT2D eigenvalue weighted by Gasteiger charge is 2.46. The van der Waals surface area contributed by atoms with E-state index < -0.39 is 22.9 Å². The van der Waals surface area contributed by atoms with Gasteiger partial charge < -0.3 is 28.5 Å². The Morgan fingerprint density at radius 1 is 1.19 bits per heavy atom. The van der Waals surface area contributed by atoms with E-state index in [2.05, 4.69) is 4.98 Å². The van der Waals surface area contributed by atoms with Crippen LogP contribution in [0, 0.1) is 6.92 Å². The van der Waals surface area contributed by atoms with Crippen molar-refractivity contribution < 1.29 is 33.3 Å². The number of aryl methyl sites for hydroxylation is 1. The third kappa shape index (κ3) is 5.13. The molecule has 1 N–H and O–H groups in total. The Balaban J connectivity index is 1.55. The van der Waals surface area contributed by atoms with E-state index in [9.17, 15) is 14.7 Å². The predicted octanol–water partition coefficient (Wildman–Crippen LogP) is 4.50. The average molecular weight is 596 g/mol. The predicted molar refractivity (Wildman–Crippen MR) is 154 cm³/mol. The molecule has 0 aliphatic carbocycles. The minimum atomic E-state index is -1.47. The van der Waals surface area contributed by atoms with Crippen molar-refractivity contribution in [2.45, 2.75) is 56.8 Å². The van der Waals surface area contributed by atoms with Crippen LogP contribution in [0.1, 0.15) is 48.6 Å². The monoisotopic (exact) mass is 595 g/mol. The first-order valence-corrected chi connectivity index (χ1v) is 14.9. The molecule has 0 radical (unpaired) electrons. The zero-order valence-corrected chi connectivity index (χ0v) is 24.4. The zero-order chi connectivity index (χ0) is 29.3. The summed E-state index contributed by atoms with van der Waals surface area (Å²) in [5.74, 6) is -0.0249. The van der Waals surface area contributed by atoms with Gasteiger partial charge in [-0.3, -0.25) is 14.3 Å². The van der Waals surface area contributed by atoms with E-state index in [0.717, 1.165) is 18.4 Å². The largest absolute Gasteiger partial charge is 0.496 e. The lowest BCUT2D eigenvalue weighted by Crippen LogP contribution is -2.46. The Bertz CT molecular complexity index is 1620. The van der Waals surface area contributed by atoms with Crippen LogP contribution in [0.15, 0.2) is 45.9 Å². The van der Waals surface area contributed by atoms with Crippen molar-refractivity contribution >= 4 is 27.5 Å². The zero-order valence-electron chi connectivity index (χ0n) is 23.5. The lowest BCUT2D eigenvalue weighted by molar-refractivity contribution is -0.148. The Morgan fingerprint density at radius 3 is 2.62 bits per heavy atom. The lowest BCUT2D eigenvalue weighted by Gasteiger charge is -2.33. The molecule has 5 heterocycles. The Labute approximate surface area is 246 Å². The van der Waals surface area contributed by atoms with Crippen molar-refractivity contribution in [1.29, 1.82) is 0 Å². The molecule has 2 aliphatic heterocycles. The number of oxazole rings is 1. The number of para-hydroxylation sites is 1. The van der Waals surface area contributed by atoms with Gasteiger partial charge in [-0.2, -0.15) is 5.10 Å². The molecule has 2 aliphatic rings. The second kappa shape index (κ2) is 12.0. The summed E-state index contributed by atoms with van der Waals surface area (Å²) in [4.78, 5) is 32.6. The van der Waals surface area contributed by atoms with Gasteiger partial charge in [-0.15, -0.1) is 11.3 Å². The topological polar surface area (TPSA) is 135 Å². The standard InChI is InChI=1S/C30H33N3O8S/c1-18-23-24(34)26(30(29(35)36)9-14-39-15-10-30)32-33(28(23)42-25(18)27-31-11-16-40-27)17-22(41-19-7-12-38-13-8-19)20-5-3-4-6-21(20)37-2/h3-6,11,16,19,22H,7-10,12-15,17H2,1-2H3,(H,35,36). The number of carboxylic acid groups (broad SMARTS) is 1. The number of carboxylic acids is 1. The fourth-order valence-corrected chi connectivity index (χ4v) is 7.08. The normalized spacial score (nSPS) is 18.2. The highest BCUT2D eigenvalue weighted by atomic mass is 32.1. The fraction of sp³-hybridized carbons (Fsp3) is 0.467. The van der Waals surface area contributed by atoms with Crippen LogP contribution < -0.4 is 10.2 Å². The number of thiophene rings is 1. The van der Waals surface area contributed by atoms with Gasteiger partial charge in [0, 0.05) is 32.0 Å². The summed E-state index contributed by atoms with van der Waals surface area (Å²) in [7, 11) is 1.62. The minimum Gasteiger partial charge on any atom is -0.496 e. The van der Waals surface area contributed by atoms with Gasteiger partial charge in [-0.25, -0.2) is 4.98 Å². The molecule has 12 heteroatoms. The first-order chi connectivity index (χ1) is 20.4. The summed E-state index contributed by atoms with van der Waals surface area (Å²) in [6, 6.07) is 7.66. The summed E-state index contributed by atoms with van der Waals surface area (Å²) in [6.45, 7) is 3.74. The number of benzene rings is 1. The van der Waals surface area contributed by atoms with Crippen molar-refractivity contribution in [1.82, 2.24) is 14.8 Å². The second-order valence-corrected chi connectivity index (χ2v) is 11.6. The fourth-order valence-electron chi connectivity index (χ4n) is 5.87. The van der Waals surface area contributed by atoms with E-state index in [1.54, 1.807) is 18.0 Å². The van der Waals surface area contributed by atoms with Crippen LogP contribution in [-0.2, 0) is 31.0 Å². The van der Waals surface area contributed by atoms with E-state index in [1.807, 2.05) is 31.2 Å². The van der Waals surface area contributed by atoms with Gasteiger partial charge in [0.25, 0.3) is 0 Å². The highest BCUT2D eigenvalue weighted by molar-refractivity contribution is 7.22. The quantitative estimate of drug-likeness (QED) is 0.295. The van der Waals surface area contributed by atoms with Crippen molar-refractivity contribution in [3.05, 3.63) is 63.8 Å². The molecule has 2 fully saturated rings. The maximum Gasteiger partial charge on any atom is 0.316 e. The van der Waals surface area contributed by atoms with Crippen LogP contribution in [-0.4, -0.2) is 65.5 Å². The third-order valence-corrected chi connectivity index (χ3v) is 9.50. The van der Waals surface area contributed by atoms with E-state index >= 15 is 0 Å². The molecular formula is C30H33N3O8S. The molecule has 0 amide bonds. The minimum absolute atomic E-state index is 0.00972. The summed E-state index contributed by atoms with van der Waals surface area (Å²) in [5, 5.41) is 15.7. The van der Waals surface area contributed by atoms with E-state index in [4.69, 9.17) is 28.5 Å². The van der Waals surface area contributed by atoms with Crippen molar-refractivity contribution in [2.24, 2.45) is 0 Å². The number of nitrogens with zero attached hydrogens (tertiary/aromatic N) is 3. The van der Waals surface area contributed by atoms with Gasteiger partial charge in [0.15, 0.2) is 0 Å². The number of hydrogen-bond donors (Lipinski definition) is 1. The molecule has 1 aromatic carbocycles. The maximum absolute atomic E-state index is 14.2. The molecule has 3 aromatic heterocycles. The van der Waals surface area contributed by atoms with Crippen LogP contribution in [0.2, 0.25) is 0 Å². The molecule has 222 valence electrons. The number of hydrogen-bond acceptors (Lipinski definition) is 10. The van der Waals surface area contributed by atoms with Gasteiger partial charge in [-0.05, 0) is 44.2 Å². The first kappa shape index (κ1) is 28.5. The molecule has 1 atom stereocenters. The van der Waals surface area contributed by atoms with Gasteiger partial charge in [0.05, 0.1) is 36.2 Å². The summed E-state index contributed by atoms with van der Waals surface area (Å²) in [5.41, 5.74) is -0.343. The highest BCUT2D eigenvalue weighted by Crippen LogP contribution is 2.40. The maximum atomic E-state index is 14.2. The van der Waals surface area contributed by atoms with Gasteiger partial charge in [0.1, 0.15) is 34.1 Å². The van der Waals surface area contributed by atoms with E-state index in [-0.39, 0.29) is 44.4 Å². The first-order valence-electron chi connectivity index (χ1n) is 14.0. The van der Waals surface area contributed by atoms with Gasteiger partial charge in [-0.1, -0.05) is 18.2 Å². The number of methoxy groups -OCH3 is 1. The number of fused-ring (bicyclic) bond motifs is 1. The van der Waals surface area contributed by atoms with Crippen LogP contribution in [0.3, 0.4) is 0 Å². The molecule has 0 spiro atoms. The van der Waals surface area contributed by atoms with E-state index in [0.29, 0.717) is 45.5 Å². The molecule has 1 unspecified atom stereocenters. The number of carbonyl (C=O) groups is 1. The summed E-state index contributed by atoms with van der Waals surface area (Å²) < 4.78 is 30.8. The molecule has 0 bridgehead atoms. The van der Waals surface area contributed by atoms with Crippen LogP contribution in [0.4, 0.5) is 0 Å². The van der Waals surface area contributed by atoms with E-state index in [1.165, 1.54) is 17.6 Å². The molecule has 2 saturated heterocycles. The smallest absolute Gasteiger partial charge is 0.316 e. The third-order valence-electron chi connectivity index (χ3n) is 8.21. The molecule has 11 nitrogen and oxygen atoms in total. The molecule has 0 saturated carbocycles. The van der Waals surface area contributed by atoms with Gasteiger partial charge >= 0.3 is 5.97 Å². The summed E-state index contributed by atoms with van der Waals surface area (Å²) >= 11 is 1.34. The van der Waals surface area contributed by atoms with Gasteiger partial charge in [0.2, 0.25) is 11.3 Å². The van der Waals surface area contributed by atoms with Crippen LogP contribution in [0.25, 0.3) is 21.0 Å². The van der Waals surface area contributed by atoms with Crippen LogP contribution >= 0.6 is 11.3 Å². The summed E-state index contributed by atoms with van der Waals surface area (Å²) in [6.07, 6.45) is 4.29. The SMILES string of the molecule is COc1ccccc1C(Cn1nc(C2(C(=O)O)CCOCC2)c(=O)c2c(C)c(-c3ncco3)sc21)OC1CCOCC1.